The highest BCUT2D eigenvalue weighted by Gasteiger charge is 2.13. The fourth-order valence-electron chi connectivity index (χ4n) is 1.67. The topological polar surface area (TPSA) is 49.9 Å². The van der Waals surface area contributed by atoms with Crippen molar-refractivity contribution in [3.63, 3.8) is 0 Å². The molecule has 0 bridgehead atoms. The van der Waals surface area contributed by atoms with Gasteiger partial charge in [-0.05, 0) is 24.3 Å². The quantitative estimate of drug-likeness (QED) is 0.648. The van der Waals surface area contributed by atoms with E-state index in [4.69, 9.17) is 11.6 Å². The van der Waals surface area contributed by atoms with Gasteiger partial charge in [0.15, 0.2) is 5.78 Å². The van der Waals surface area contributed by atoms with Crippen LogP contribution in [0.5, 0.6) is 0 Å². The van der Waals surface area contributed by atoms with Gasteiger partial charge in [0.2, 0.25) is 0 Å². The lowest BCUT2D eigenvalue weighted by Crippen LogP contribution is -2.04. The Balaban J connectivity index is 2.16. The molecular weight excluding hydrogens is 302 g/mol. The highest BCUT2D eigenvalue weighted by Crippen LogP contribution is 2.25. The molecule has 0 amide bonds. The normalized spacial score (nSPS) is 11.1. The minimum absolute atomic E-state index is 0.0221. The molecule has 0 aliphatic heterocycles. The molecule has 19 heavy (non-hydrogen) atoms. The molecular formula is C13H14ClNO2S2. The van der Waals surface area contributed by atoms with Crippen molar-refractivity contribution < 1.29 is 4.79 Å². The summed E-state index contributed by atoms with van der Waals surface area (Å²) < 4.78 is 0.774. The molecule has 0 aliphatic rings. The smallest absolute Gasteiger partial charge is 0.305 e. The van der Waals surface area contributed by atoms with Crippen molar-refractivity contribution in [3.8, 4) is 0 Å². The van der Waals surface area contributed by atoms with Crippen LogP contribution in [-0.4, -0.2) is 22.3 Å². The van der Waals surface area contributed by atoms with E-state index >= 15 is 0 Å². The lowest BCUT2D eigenvalue weighted by atomic mass is 10.1. The number of benzene rings is 1. The Hall–Kier alpha value is -0.780. The number of carbonyl (C=O) groups excluding carboxylic acids is 1. The highest BCUT2D eigenvalue weighted by molar-refractivity contribution is 7.99. The van der Waals surface area contributed by atoms with Gasteiger partial charge in [0.05, 0.1) is 21.0 Å². The number of carbonyl (C=O) groups is 1. The zero-order valence-corrected chi connectivity index (χ0v) is 12.9. The number of H-pyrrole nitrogens is 1. The predicted octanol–water partition coefficient (Wildman–Crippen LogP) is 3.96. The largest absolute Gasteiger partial charge is 0.312 e. The fraction of sp³-hybridized carbons (Fsp3) is 0.385. The molecule has 1 aromatic carbocycles. The maximum Gasteiger partial charge on any atom is 0.305 e. The van der Waals surface area contributed by atoms with E-state index in [2.05, 4.69) is 11.9 Å². The van der Waals surface area contributed by atoms with Crippen LogP contribution in [0.25, 0.3) is 10.2 Å². The summed E-state index contributed by atoms with van der Waals surface area (Å²) in [6, 6.07) is 3.36. The molecule has 2 rings (SSSR count). The number of nitrogens with one attached hydrogen (secondary N) is 1. The minimum atomic E-state index is -0.131. The fourth-order valence-corrected chi connectivity index (χ4v) is 3.68. The van der Waals surface area contributed by atoms with E-state index in [0.29, 0.717) is 21.9 Å². The predicted molar refractivity (Wildman–Crippen MR) is 84.0 cm³/mol. The van der Waals surface area contributed by atoms with Crippen molar-refractivity contribution in [2.75, 3.05) is 11.5 Å². The second-order valence-electron chi connectivity index (χ2n) is 4.17. The molecule has 0 atom stereocenters. The van der Waals surface area contributed by atoms with Gasteiger partial charge in [0.25, 0.3) is 0 Å². The number of rotatable bonds is 6. The van der Waals surface area contributed by atoms with Gasteiger partial charge in [-0.25, -0.2) is 0 Å². The van der Waals surface area contributed by atoms with Crippen molar-refractivity contribution in [3.05, 3.63) is 32.4 Å². The lowest BCUT2D eigenvalue weighted by Gasteiger charge is -2.04. The number of Topliss-reactive ketones (excluding diaryl/α,β-unsaturated/α-hetero) is 1. The monoisotopic (exact) mass is 315 g/mol. The zero-order valence-electron chi connectivity index (χ0n) is 10.5. The van der Waals surface area contributed by atoms with Crippen LogP contribution in [0.1, 0.15) is 30.1 Å². The summed E-state index contributed by atoms with van der Waals surface area (Å²) in [4.78, 5) is 25.9. The van der Waals surface area contributed by atoms with Crippen LogP contribution in [-0.2, 0) is 0 Å². The van der Waals surface area contributed by atoms with Crippen molar-refractivity contribution in [1.82, 2.24) is 4.98 Å². The summed E-state index contributed by atoms with van der Waals surface area (Å²) in [5.41, 5.74) is 1.20. The number of aromatic nitrogens is 1. The van der Waals surface area contributed by atoms with E-state index in [1.807, 2.05) is 0 Å². The molecule has 6 heteroatoms. The number of fused-ring (bicyclic) bond motifs is 1. The van der Waals surface area contributed by atoms with E-state index in [-0.39, 0.29) is 10.7 Å². The number of hydrogen-bond acceptors (Lipinski definition) is 4. The van der Waals surface area contributed by atoms with E-state index < -0.39 is 0 Å². The van der Waals surface area contributed by atoms with Crippen LogP contribution in [0.3, 0.4) is 0 Å². The molecule has 3 nitrogen and oxygen atoms in total. The van der Waals surface area contributed by atoms with Crippen LogP contribution >= 0.6 is 34.7 Å². The Morgan fingerprint density at radius 3 is 3.00 bits per heavy atom. The minimum Gasteiger partial charge on any atom is -0.312 e. The summed E-state index contributed by atoms with van der Waals surface area (Å²) in [6.45, 7) is 2.13. The molecule has 0 unspecified atom stereocenters. The molecule has 0 aliphatic carbocycles. The second-order valence-corrected chi connectivity index (χ2v) is 6.70. The van der Waals surface area contributed by atoms with Crippen LogP contribution in [0, 0.1) is 0 Å². The van der Waals surface area contributed by atoms with Crippen LogP contribution in [0.15, 0.2) is 16.9 Å². The third-order valence-electron chi connectivity index (χ3n) is 2.68. The van der Waals surface area contributed by atoms with Gasteiger partial charge >= 0.3 is 4.87 Å². The van der Waals surface area contributed by atoms with E-state index in [0.717, 1.165) is 34.6 Å². The summed E-state index contributed by atoms with van der Waals surface area (Å²) in [6.07, 6.45) is 2.25. The van der Waals surface area contributed by atoms with Gasteiger partial charge in [-0.1, -0.05) is 36.3 Å². The number of thiazole rings is 1. The number of aromatic amines is 1. The van der Waals surface area contributed by atoms with E-state index in [1.165, 1.54) is 0 Å². The molecule has 0 saturated carbocycles. The Morgan fingerprint density at radius 1 is 1.47 bits per heavy atom. The summed E-state index contributed by atoms with van der Waals surface area (Å²) in [5, 5.41) is 0.405. The SMILES string of the molecule is CCCCSCC(=O)c1cc2sc(=O)[nH]c2cc1Cl. The Morgan fingerprint density at radius 2 is 2.26 bits per heavy atom. The molecule has 102 valence electrons. The van der Waals surface area contributed by atoms with E-state index in [1.54, 1.807) is 23.9 Å². The first-order valence-corrected chi connectivity index (χ1v) is 8.40. The van der Waals surface area contributed by atoms with Gasteiger partial charge in [0, 0.05) is 5.56 Å². The molecule has 1 aromatic heterocycles. The molecule has 0 fully saturated rings. The summed E-state index contributed by atoms with van der Waals surface area (Å²) in [7, 11) is 0. The average Bonchev–Trinajstić information content (AvgIpc) is 2.72. The van der Waals surface area contributed by atoms with Gasteiger partial charge in [-0.3, -0.25) is 9.59 Å². The average molecular weight is 316 g/mol. The molecule has 2 aromatic rings. The van der Waals surface area contributed by atoms with Crippen LogP contribution in [0.4, 0.5) is 0 Å². The number of hydrogen-bond donors (Lipinski definition) is 1. The van der Waals surface area contributed by atoms with Gasteiger partial charge in [-0.15, -0.1) is 0 Å². The lowest BCUT2D eigenvalue weighted by molar-refractivity contribution is 0.102. The van der Waals surface area contributed by atoms with E-state index in [9.17, 15) is 9.59 Å². The Labute approximate surface area is 124 Å². The maximum absolute atomic E-state index is 12.1. The molecule has 0 spiro atoms. The Bertz CT molecular complexity index is 648. The maximum atomic E-state index is 12.1. The molecule has 0 saturated heterocycles. The summed E-state index contributed by atoms with van der Waals surface area (Å²) in [5.74, 6) is 1.44. The van der Waals surface area contributed by atoms with Crippen molar-refractivity contribution in [2.45, 2.75) is 19.8 Å². The third-order valence-corrected chi connectivity index (χ3v) is 4.89. The standard InChI is InChI=1S/C13H14ClNO2S2/c1-2-3-4-18-7-11(16)8-5-12-10(6-9(8)14)15-13(17)19-12/h5-6H,2-4,7H2,1H3,(H,15,17). The third kappa shape index (κ3) is 3.61. The summed E-state index contributed by atoms with van der Waals surface area (Å²) >= 11 is 8.82. The van der Waals surface area contributed by atoms with Crippen molar-refractivity contribution >= 4 is 50.7 Å². The second kappa shape index (κ2) is 6.59. The zero-order chi connectivity index (χ0) is 13.8. The van der Waals surface area contributed by atoms with Crippen LogP contribution < -0.4 is 4.87 Å². The molecule has 1 heterocycles. The van der Waals surface area contributed by atoms with Crippen molar-refractivity contribution in [1.29, 1.82) is 0 Å². The van der Waals surface area contributed by atoms with Gasteiger partial charge in [-0.2, -0.15) is 11.8 Å². The number of unbranched alkanes of at least 4 members (excludes halogenated alkanes) is 1. The van der Waals surface area contributed by atoms with Gasteiger partial charge in [0.1, 0.15) is 0 Å². The number of ketones is 1. The first-order chi connectivity index (χ1) is 9.11. The number of halogens is 1. The number of thioether (sulfide) groups is 1. The Kier molecular flexibility index (Phi) is 5.07. The molecule has 0 radical (unpaired) electrons. The first kappa shape index (κ1) is 14.6. The van der Waals surface area contributed by atoms with Crippen molar-refractivity contribution in [2.24, 2.45) is 0 Å². The first-order valence-electron chi connectivity index (χ1n) is 6.05. The highest BCUT2D eigenvalue weighted by atomic mass is 35.5. The van der Waals surface area contributed by atoms with Gasteiger partial charge < -0.3 is 4.98 Å². The molecule has 1 N–H and O–H groups in total. The van der Waals surface area contributed by atoms with Crippen LogP contribution in [0.2, 0.25) is 5.02 Å².